The lowest BCUT2D eigenvalue weighted by Crippen LogP contribution is -2.33. The quantitative estimate of drug-likeness (QED) is 0.819. The number of aliphatic hydroxyl groups excluding tert-OH is 1. The first-order chi connectivity index (χ1) is 9.93. The molecule has 1 fully saturated rings. The van der Waals surface area contributed by atoms with E-state index in [4.69, 9.17) is 0 Å². The van der Waals surface area contributed by atoms with Gasteiger partial charge < -0.3 is 9.67 Å². The Morgan fingerprint density at radius 3 is 2.67 bits per heavy atom. The molecule has 1 heterocycles. The van der Waals surface area contributed by atoms with E-state index in [1.54, 1.807) is 0 Å². The Labute approximate surface area is 127 Å². The molecule has 0 saturated heterocycles. The lowest BCUT2D eigenvalue weighted by atomic mass is 10.1. The fourth-order valence-electron chi connectivity index (χ4n) is 3.60. The molecule has 2 rings (SSSR count). The molecule has 1 saturated carbocycles. The molecule has 1 aromatic rings. The zero-order chi connectivity index (χ0) is 15.6. The van der Waals surface area contributed by atoms with E-state index in [0.717, 1.165) is 49.3 Å². The summed E-state index contributed by atoms with van der Waals surface area (Å²) in [5, 5.41) is 9.89. The minimum atomic E-state index is -0.187. The van der Waals surface area contributed by atoms with E-state index in [1.807, 2.05) is 27.0 Å². The Bertz CT molecular complexity index is 507. The van der Waals surface area contributed by atoms with Gasteiger partial charge in [-0.15, -0.1) is 0 Å². The van der Waals surface area contributed by atoms with E-state index in [-0.39, 0.29) is 11.9 Å². The molecule has 0 aliphatic heterocycles. The predicted octanol–water partition coefficient (Wildman–Crippen LogP) is 2.40. The van der Waals surface area contributed by atoms with Gasteiger partial charge in [-0.05, 0) is 52.6 Å². The molecule has 1 N–H and O–H groups in total. The molecule has 2 atom stereocenters. The van der Waals surface area contributed by atoms with Gasteiger partial charge in [-0.2, -0.15) is 0 Å². The van der Waals surface area contributed by atoms with Gasteiger partial charge in [-0.3, -0.25) is 9.69 Å². The number of hydrogen-bond donors (Lipinski definition) is 1. The number of hydrogen-bond acceptors (Lipinski definition) is 3. The highest BCUT2D eigenvalue weighted by molar-refractivity contribution is 5.99. The molecule has 0 spiro atoms. The SMILES string of the molecule is CCn1c(C)cc(C(=O)CN(C)CC2CCCC2O)c1C. The number of aromatic nitrogens is 1. The second-order valence-corrected chi connectivity index (χ2v) is 6.41. The van der Waals surface area contributed by atoms with Gasteiger partial charge in [0.15, 0.2) is 5.78 Å². The Balaban J connectivity index is 1.97. The second kappa shape index (κ2) is 6.75. The van der Waals surface area contributed by atoms with Crippen LogP contribution in [0.4, 0.5) is 0 Å². The Kier molecular flexibility index (Phi) is 5.22. The van der Waals surface area contributed by atoms with Crippen molar-refractivity contribution < 1.29 is 9.90 Å². The minimum Gasteiger partial charge on any atom is -0.393 e. The summed E-state index contributed by atoms with van der Waals surface area (Å²) in [5.41, 5.74) is 3.05. The lowest BCUT2D eigenvalue weighted by molar-refractivity contribution is 0.0869. The highest BCUT2D eigenvalue weighted by Crippen LogP contribution is 2.26. The average molecular weight is 292 g/mol. The first-order valence-electron chi connectivity index (χ1n) is 8.00. The predicted molar refractivity (Wildman–Crippen MR) is 84.8 cm³/mol. The molecule has 1 aliphatic carbocycles. The molecule has 2 unspecified atom stereocenters. The monoisotopic (exact) mass is 292 g/mol. The molecule has 4 heteroatoms. The summed E-state index contributed by atoms with van der Waals surface area (Å²) in [7, 11) is 1.97. The third-order valence-electron chi connectivity index (χ3n) is 4.77. The lowest BCUT2D eigenvalue weighted by Gasteiger charge is -2.22. The zero-order valence-corrected chi connectivity index (χ0v) is 13.7. The van der Waals surface area contributed by atoms with Crippen molar-refractivity contribution in [2.24, 2.45) is 5.92 Å². The number of carbonyl (C=O) groups excluding carboxylic acids is 1. The maximum Gasteiger partial charge on any atom is 0.178 e. The van der Waals surface area contributed by atoms with Gasteiger partial charge in [0, 0.05) is 30.0 Å². The van der Waals surface area contributed by atoms with E-state index in [0.29, 0.717) is 12.5 Å². The molecule has 0 aromatic carbocycles. The van der Waals surface area contributed by atoms with Gasteiger partial charge in [0.25, 0.3) is 0 Å². The van der Waals surface area contributed by atoms with Crippen LogP contribution in [-0.4, -0.2) is 46.6 Å². The van der Waals surface area contributed by atoms with Gasteiger partial charge in [-0.25, -0.2) is 0 Å². The van der Waals surface area contributed by atoms with Crippen LogP contribution >= 0.6 is 0 Å². The summed E-state index contributed by atoms with van der Waals surface area (Å²) in [6.45, 7) is 8.30. The van der Waals surface area contributed by atoms with E-state index < -0.39 is 0 Å². The first-order valence-corrected chi connectivity index (χ1v) is 8.00. The summed E-state index contributed by atoms with van der Waals surface area (Å²) in [6, 6.07) is 2.00. The number of carbonyl (C=O) groups is 1. The topological polar surface area (TPSA) is 45.5 Å². The molecule has 1 aromatic heterocycles. The number of likely N-dealkylation sites (N-methyl/N-ethyl adjacent to an activating group) is 1. The van der Waals surface area contributed by atoms with Gasteiger partial charge in [-0.1, -0.05) is 6.42 Å². The summed E-state index contributed by atoms with van der Waals surface area (Å²) < 4.78 is 2.17. The van der Waals surface area contributed by atoms with Crippen LogP contribution < -0.4 is 0 Å². The normalized spacial score (nSPS) is 22.2. The van der Waals surface area contributed by atoms with Gasteiger partial charge in [0.05, 0.1) is 12.6 Å². The van der Waals surface area contributed by atoms with E-state index >= 15 is 0 Å². The van der Waals surface area contributed by atoms with Crippen molar-refractivity contribution in [2.45, 2.75) is 52.7 Å². The van der Waals surface area contributed by atoms with E-state index in [9.17, 15) is 9.90 Å². The summed E-state index contributed by atoms with van der Waals surface area (Å²) in [6.07, 6.45) is 2.90. The highest BCUT2D eigenvalue weighted by Gasteiger charge is 2.27. The van der Waals surface area contributed by atoms with Crippen molar-refractivity contribution >= 4 is 5.78 Å². The molecule has 0 radical (unpaired) electrons. The molecule has 0 amide bonds. The second-order valence-electron chi connectivity index (χ2n) is 6.41. The van der Waals surface area contributed by atoms with Crippen molar-refractivity contribution in [2.75, 3.05) is 20.1 Å². The highest BCUT2D eigenvalue weighted by atomic mass is 16.3. The summed E-state index contributed by atoms with van der Waals surface area (Å²) in [5.74, 6) is 0.503. The maximum absolute atomic E-state index is 12.5. The number of rotatable bonds is 6. The van der Waals surface area contributed by atoms with Crippen molar-refractivity contribution in [3.8, 4) is 0 Å². The smallest absolute Gasteiger partial charge is 0.178 e. The van der Waals surface area contributed by atoms with Crippen LogP contribution in [0.15, 0.2) is 6.07 Å². The third kappa shape index (κ3) is 3.55. The van der Waals surface area contributed by atoms with Crippen LogP contribution in [0.3, 0.4) is 0 Å². The number of ketones is 1. The van der Waals surface area contributed by atoms with Crippen molar-refractivity contribution in [1.29, 1.82) is 0 Å². The van der Waals surface area contributed by atoms with Crippen molar-refractivity contribution in [3.63, 3.8) is 0 Å². The number of aryl methyl sites for hydroxylation is 1. The van der Waals surface area contributed by atoms with Crippen LogP contribution in [0.5, 0.6) is 0 Å². The van der Waals surface area contributed by atoms with Crippen LogP contribution in [-0.2, 0) is 6.54 Å². The number of nitrogens with zero attached hydrogens (tertiary/aromatic N) is 2. The fraction of sp³-hybridized carbons (Fsp3) is 0.706. The zero-order valence-electron chi connectivity index (χ0n) is 13.7. The molecule has 0 bridgehead atoms. The maximum atomic E-state index is 12.5. The summed E-state index contributed by atoms with van der Waals surface area (Å²) >= 11 is 0. The van der Waals surface area contributed by atoms with Crippen LogP contribution in [0.25, 0.3) is 0 Å². The van der Waals surface area contributed by atoms with E-state index in [2.05, 4.69) is 16.4 Å². The number of aliphatic hydroxyl groups is 1. The van der Waals surface area contributed by atoms with Gasteiger partial charge >= 0.3 is 0 Å². The molecule has 118 valence electrons. The fourth-order valence-corrected chi connectivity index (χ4v) is 3.60. The van der Waals surface area contributed by atoms with Gasteiger partial charge in [0.2, 0.25) is 0 Å². The molecular formula is C17H28N2O2. The van der Waals surface area contributed by atoms with Gasteiger partial charge in [0.1, 0.15) is 0 Å². The molecule has 4 nitrogen and oxygen atoms in total. The van der Waals surface area contributed by atoms with Crippen molar-refractivity contribution in [1.82, 2.24) is 9.47 Å². The van der Waals surface area contributed by atoms with Crippen LogP contribution in [0.2, 0.25) is 0 Å². The third-order valence-corrected chi connectivity index (χ3v) is 4.77. The number of Topliss-reactive ketones (excluding diaryl/α,β-unsaturated/α-hetero) is 1. The van der Waals surface area contributed by atoms with E-state index in [1.165, 1.54) is 0 Å². The summed E-state index contributed by atoms with van der Waals surface area (Å²) in [4.78, 5) is 14.6. The Morgan fingerprint density at radius 1 is 1.43 bits per heavy atom. The first kappa shape index (κ1) is 16.2. The Hall–Kier alpha value is -1.13. The standard InChI is InChI=1S/C17H28N2O2/c1-5-19-12(2)9-15(13(19)3)17(21)11-18(4)10-14-7-6-8-16(14)20/h9,14,16,20H,5-8,10-11H2,1-4H3. The molecular weight excluding hydrogens is 264 g/mol. The van der Waals surface area contributed by atoms with Crippen LogP contribution in [0, 0.1) is 19.8 Å². The van der Waals surface area contributed by atoms with Crippen LogP contribution in [0.1, 0.15) is 47.9 Å². The van der Waals surface area contributed by atoms with Crippen molar-refractivity contribution in [3.05, 3.63) is 23.0 Å². The minimum absolute atomic E-state index is 0.179. The average Bonchev–Trinajstić information content (AvgIpc) is 2.93. The molecule has 21 heavy (non-hydrogen) atoms. The Morgan fingerprint density at radius 2 is 2.14 bits per heavy atom. The molecule has 1 aliphatic rings. The largest absolute Gasteiger partial charge is 0.393 e.